The van der Waals surface area contributed by atoms with Crippen molar-refractivity contribution in [3.8, 4) is 0 Å². The van der Waals surface area contributed by atoms with Crippen LogP contribution in [-0.4, -0.2) is 17.0 Å². The van der Waals surface area contributed by atoms with Crippen molar-refractivity contribution in [2.45, 2.75) is 12.8 Å². The summed E-state index contributed by atoms with van der Waals surface area (Å²) in [5.41, 5.74) is 6.73. The van der Waals surface area contributed by atoms with E-state index in [1.165, 1.54) is 6.08 Å². The molecule has 1 aromatic rings. The fourth-order valence-electron chi connectivity index (χ4n) is 1.28. The van der Waals surface area contributed by atoms with Crippen LogP contribution in [0.5, 0.6) is 0 Å². The predicted molar refractivity (Wildman–Crippen MR) is 60.6 cm³/mol. The van der Waals surface area contributed by atoms with Crippen molar-refractivity contribution in [3.63, 3.8) is 0 Å². The fourth-order valence-corrected chi connectivity index (χ4v) is 1.28. The molecule has 0 spiro atoms. The van der Waals surface area contributed by atoms with E-state index in [1.54, 1.807) is 6.08 Å². The van der Waals surface area contributed by atoms with Gasteiger partial charge >= 0.3 is 5.97 Å². The van der Waals surface area contributed by atoms with Gasteiger partial charge in [-0.2, -0.15) is 0 Å². The van der Waals surface area contributed by atoms with Crippen molar-refractivity contribution in [1.29, 1.82) is 0 Å². The second kappa shape index (κ2) is 5.70. The summed E-state index contributed by atoms with van der Waals surface area (Å²) in [6.07, 6.45) is 3.46. The molecule has 0 aliphatic heterocycles. The number of rotatable bonds is 5. The number of hydrogen-bond acceptors (Lipinski definition) is 2. The van der Waals surface area contributed by atoms with Crippen LogP contribution in [0.1, 0.15) is 17.5 Å². The number of amides is 1. The maximum absolute atomic E-state index is 10.5. The fraction of sp³-hybridized carbons (Fsp3) is 0.167. The summed E-state index contributed by atoms with van der Waals surface area (Å²) in [6.45, 7) is 0. The Kier molecular flexibility index (Phi) is 4.27. The van der Waals surface area contributed by atoms with E-state index in [2.05, 4.69) is 0 Å². The van der Waals surface area contributed by atoms with Crippen LogP contribution in [0.25, 0.3) is 6.08 Å². The molecule has 4 heteroatoms. The number of aryl methyl sites for hydroxylation is 1. The average molecular weight is 219 g/mol. The van der Waals surface area contributed by atoms with Gasteiger partial charge in [0.05, 0.1) is 0 Å². The van der Waals surface area contributed by atoms with E-state index in [1.807, 2.05) is 24.3 Å². The van der Waals surface area contributed by atoms with Crippen LogP contribution in [-0.2, 0) is 16.0 Å². The van der Waals surface area contributed by atoms with Gasteiger partial charge in [-0.25, -0.2) is 0 Å². The van der Waals surface area contributed by atoms with Crippen LogP contribution in [0.4, 0.5) is 0 Å². The molecule has 1 rings (SSSR count). The van der Waals surface area contributed by atoms with E-state index in [0.29, 0.717) is 6.42 Å². The Bertz CT molecular complexity index is 424. The molecule has 0 saturated heterocycles. The number of benzene rings is 1. The third kappa shape index (κ3) is 4.41. The highest BCUT2D eigenvalue weighted by molar-refractivity contribution is 5.90. The van der Waals surface area contributed by atoms with Crippen molar-refractivity contribution in [1.82, 2.24) is 0 Å². The first-order valence-electron chi connectivity index (χ1n) is 4.86. The third-order valence-electron chi connectivity index (χ3n) is 2.02. The summed E-state index contributed by atoms with van der Waals surface area (Å²) in [4.78, 5) is 20.9. The molecule has 0 fully saturated rings. The Hall–Kier alpha value is -2.10. The van der Waals surface area contributed by atoms with E-state index >= 15 is 0 Å². The second-order valence-electron chi connectivity index (χ2n) is 3.37. The van der Waals surface area contributed by atoms with Gasteiger partial charge in [-0.05, 0) is 23.6 Å². The quantitative estimate of drug-likeness (QED) is 0.730. The molecule has 0 unspecified atom stereocenters. The Morgan fingerprint density at radius 2 is 2.12 bits per heavy atom. The molecule has 0 aliphatic rings. The summed E-state index contributed by atoms with van der Waals surface area (Å²) in [7, 11) is 0. The van der Waals surface area contributed by atoms with Gasteiger partial charge in [-0.3, -0.25) is 9.59 Å². The van der Waals surface area contributed by atoms with Gasteiger partial charge in [0.1, 0.15) is 0 Å². The number of carboxylic acid groups (broad SMARTS) is 1. The molecule has 16 heavy (non-hydrogen) atoms. The average Bonchev–Trinajstić information content (AvgIpc) is 2.24. The molecular weight excluding hydrogens is 206 g/mol. The molecule has 1 amide bonds. The Morgan fingerprint density at radius 3 is 2.75 bits per heavy atom. The minimum absolute atomic E-state index is 0.100. The monoisotopic (exact) mass is 219 g/mol. The van der Waals surface area contributed by atoms with Crippen LogP contribution < -0.4 is 5.73 Å². The van der Waals surface area contributed by atoms with Gasteiger partial charge in [0.25, 0.3) is 0 Å². The zero-order valence-electron chi connectivity index (χ0n) is 8.72. The lowest BCUT2D eigenvalue weighted by molar-refractivity contribution is -0.137. The van der Waals surface area contributed by atoms with Gasteiger partial charge in [-0.15, -0.1) is 0 Å². The minimum atomic E-state index is -0.821. The normalized spacial score (nSPS) is 10.5. The van der Waals surface area contributed by atoms with Crippen LogP contribution in [0, 0.1) is 0 Å². The van der Waals surface area contributed by atoms with Crippen molar-refractivity contribution < 1.29 is 14.7 Å². The standard InChI is InChI=1S/C12H13NO3/c13-11(14)6-4-9-2-1-3-10(8-9)5-7-12(15)16/h1-4,6,8H,5,7H2,(H2,13,14)(H,15,16). The molecule has 84 valence electrons. The number of carbonyl (C=O) groups is 2. The highest BCUT2D eigenvalue weighted by atomic mass is 16.4. The number of primary amides is 1. The van der Waals surface area contributed by atoms with Crippen LogP contribution in [0.15, 0.2) is 30.3 Å². The molecular formula is C12H13NO3. The van der Waals surface area contributed by atoms with Crippen LogP contribution >= 0.6 is 0 Å². The summed E-state index contributed by atoms with van der Waals surface area (Å²) >= 11 is 0. The minimum Gasteiger partial charge on any atom is -0.481 e. The van der Waals surface area contributed by atoms with Crippen molar-refractivity contribution >= 4 is 18.0 Å². The van der Waals surface area contributed by atoms with E-state index in [9.17, 15) is 9.59 Å². The predicted octanol–water partition coefficient (Wildman–Crippen LogP) is 1.20. The first kappa shape index (κ1) is 12.0. The lowest BCUT2D eigenvalue weighted by atomic mass is 10.1. The number of carboxylic acids is 1. The summed E-state index contributed by atoms with van der Waals surface area (Å²) in [5, 5.41) is 8.55. The number of nitrogens with two attached hydrogens (primary N) is 1. The molecule has 0 bridgehead atoms. The smallest absolute Gasteiger partial charge is 0.303 e. The third-order valence-corrected chi connectivity index (χ3v) is 2.02. The highest BCUT2D eigenvalue weighted by Crippen LogP contribution is 2.09. The molecule has 0 heterocycles. The lowest BCUT2D eigenvalue weighted by Gasteiger charge is -2.00. The maximum Gasteiger partial charge on any atom is 0.303 e. The first-order chi connectivity index (χ1) is 7.58. The van der Waals surface area contributed by atoms with E-state index in [4.69, 9.17) is 10.8 Å². The molecule has 0 aromatic heterocycles. The maximum atomic E-state index is 10.5. The molecule has 0 aliphatic carbocycles. The summed E-state index contributed by atoms with van der Waals surface area (Å²) in [5.74, 6) is -1.32. The molecule has 0 saturated carbocycles. The van der Waals surface area contributed by atoms with Gasteiger partial charge < -0.3 is 10.8 Å². The second-order valence-corrected chi connectivity index (χ2v) is 3.37. The SMILES string of the molecule is NC(=O)C=Cc1cccc(CCC(=O)O)c1. The number of hydrogen-bond donors (Lipinski definition) is 2. The van der Waals surface area contributed by atoms with Gasteiger partial charge in [0.2, 0.25) is 5.91 Å². The zero-order chi connectivity index (χ0) is 12.0. The number of aliphatic carboxylic acids is 1. The van der Waals surface area contributed by atoms with E-state index in [-0.39, 0.29) is 6.42 Å². The lowest BCUT2D eigenvalue weighted by Crippen LogP contribution is -2.05. The van der Waals surface area contributed by atoms with Gasteiger partial charge in [-0.1, -0.05) is 24.3 Å². The molecule has 1 aromatic carbocycles. The van der Waals surface area contributed by atoms with E-state index < -0.39 is 11.9 Å². The first-order valence-corrected chi connectivity index (χ1v) is 4.86. The molecule has 0 radical (unpaired) electrons. The molecule has 4 nitrogen and oxygen atoms in total. The summed E-state index contributed by atoms with van der Waals surface area (Å²) in [6, 6.07) is 7.33. The van der Waals surface area contributed by atoms with Crippen LogP contribution in [0.2, 0.25) is 0 Å². The van der Waals surface area contributed by atoms with Crippen molar-refractivity contribution in [3.05, 3.63) is 41.5 Å². The van der Waals surface area contributed by atoms with Gasteiger partial charge in [0.15, 0.2) is 0 Å². The molecule has 3 N–H and O–H groups in total. The highest BCUT2D eigenvalue weighted by Gasteiger charge is 1.99. The Morgan fingerprint density at radius 1 is 1.38 bits per heavy atom. The van der Waals surface area contributed by atoms with Crippen LogP contribution in [0.3, 0.4) is 0 Å². The Labute approximate surface area is 93.4 Å². The zero-order valence-corrected chi connectivity index (χ0v) is 8.72. The largest absolute Gasteiger partial charge is 0.481 e. The van der Waals surface area contributed by atoms with E-state index in [0.717, 1.165) is 11.1 Å². The van der Waals surface area contributed by atoms with Crippen molar-refractivity contribution in [2.75, 3.05) is 0 Å². The number of carbonyl (C=O) groups excluding carboxylic acids is 1. The Balaban J connectivity index is 2.71. The van der Waals surface area contributed by atoms with Gasteiger partial charge in [0, 0.05) is 12.5 Å². The molecule has 0 atom stereocenters. The van der Waals surface area contributed by atoms with Crippen molar-refractivity contribution in [2.24, 2.45) is 5.73 Å². The topological polar surface area (TPSA) is 80.4 Å². The summed E-state index contributed by atoms with van der Waals surface area (Å²) < 4.78 is 0.